The van der Waals surface area contributed by atoms with Crippen LogP contribution in [-0.2, 0) is 6.42 Å². The van der Waals surface area contributed by atoms with Gasteiger partial charge in [0.05, 0.1) is 22.9 Å². The van der Waals surface area contributed by atoms with E-state index >= 15 is 0 Å². The van der Waals surface area contributed by atoms with Crippen LogP contribution in [0.2, 0.25) is 0 Å². The van der Waals surface area contributed by atoms with Crippen molar-refractivity contribution in [1.82, 2.24) is 25.2 Å². The normalized spacial score (nSPS) is 18.0. The van der Waals surface area contributed by atoms with Gasteiger partial charge in [-0.3, -0.25) is 4.79 Å². The van der Waals surface area contributed by atoms with Gasteiger partial charge in [-0.05, 0) is 32.8 Å². The second-order valence-corrected chi connectivity index (χ2v) is 5.62. The fraction of sp³-hybridized carbons (Fsp3) is 0.533. The predicted octanol–water partition coefficient (Wildman–Crippen LogP) is 1.67. The Morgan fingerprint density at radius 3 is 2.91 bits per heavy atom. The molecule has 116 valence electrons. The van der Waals surface area contributed by atoms with Crippen LogP contribution < -0.4 is 0 Å². The maximum Gasteiger partial charge on any atom is 0.255 e. The average Bonchev–Trinajstić information content (AvgIpc) is 3.15. The van der Waals surface area contributed by atoms with Crippen molar-refractivity contribution < 1.29 is 9.32 Å². The van der Waals surface area contributed by atoms with Gasteiger partial charge in [-0.1, -0.05) is 12.1 Å². The van der Waals surface area contributed by atoms with Gasteiger partial charge in [-0.25, -0.2) is 0 Å². The van der Waals surface area contributed by atoms with Crippen molar-refractivity contribution in [2.75, 3.05) is 13.1 Å². The molecule has 0 unspecified atom stereocenters. The summed E-state index contributed by atoms with van der Waals surface area (Å²) in [7, 11) is 0. The molecular formula is C15H19N5O2. The first-order valence-electron chi connectivity index (χ1n) is 7.51. The van der Waals surface area contributed by atoms with Crippen molar-refractivity contribution in [2.45, 2.75) is 39.5 Å². The number of nitrogens with zero attached hydrogens (tertiary/aromatic N) is 5. The Morgan fingerprint density at radius 1 is 1.41 bits per heavy atom. The van der Waals surface area contributed by atoms with Crippen LogP contribution in [0.25, 0.3) is 0 Å². The number of aromatic nitrogens is 4. The van der Waals surface area contributed by atoms with Crippen molar-refractivity contribution >= 4 is 5.91 Å². The number of carbonyl (C=O) groups excluding carboxylic acids is 1. The van der Waals surface area contributed by atoms with Crippen LogP contribution in [0.3, 0.4) is 0 Å². The standard InChI is InChI=1S/C15H19N5O2/c1-4-13-12(7-9(2)17-18-13)15(21)20-6-5-11(8-20)14-16-10(3)19-22-14/h7,11H,4-6,8H2,1-3H3/t11-/m1/s1. The van der Waals surface area contributed by atoms with E-state index in [4.69, 9.17) is 4.52 Å². The van der Waals surface area contributed by atoms with Gasteiger partial charge in [0, 0.05) is 13.1 Å². The highest BCUT2D eigenvalue weighted by Gasteiger charge is 2.32. The number of carbonyl (C=O) groups is 1. The largest absolute Gasteiger partial charge is 0.339 e. The average molecular weight is 301 g/mol. The number of hydrogen-bond donors (Lipinski definition) is 0. The lowest BCUT2D eigenvalue weighted by atomic mass is 10.1. The van der Waals surface area contributed by atoms with E-state index in [1.165, 1.54) is 0 Å². The Balaban J connectivity index is 1.78. The molecule has 0 bridgehead atoms. The van der Waals surface area contributed by atoms with E-state index in [-0.39, 0.29) is 11.8 Å². The molecule has 3 rings (SSSR count). The molecule has 1 atom stereocenters. The van der Waals surface area contributed by atoms with E-state index in [0.29, 0.717) is 36.8 Å². The number of aryl methyl sites for hydroxylation is 3. The molecule has 1 fully saturated rings. The van der Waals surface area contributed by atoms with Crippen LogP contribution in [0.4, 0.5) is 0 Å². The third kappa shape index (κ3) is 2.70. The molecule has 22 heavy (non-hydrogen) atoms. The van der Waals surface area contributed by atoms with Crippen molar-refractivity contribution in [3.63, 3.8) is 0 Å². The van der Waals surface area contributed by atoms with Crippen LogP contribution in [0, 0.1) is 13.8 Å². The summed E-state index contributed by atoms with van der Waals surface area (Å²) < 4.78 is 5.22. The highest BCUT2D eigenvalue weighted by Crippen LogP contribution is 2.27. The van der Waals surface area contributed by atoms with Gasteiger partial charge >= 0.3 is 0 Å². The lowest BCUT2D eigenvalue weighted by molar-refractivity contribution is 0.0787. The third-order valence-corrected chi connectivity index (χ3v) is 3.93. The molecule has 2 aromatic rings. The van der Waals surface area contributed by atoms with E-state index in [0.717, 1.165) is 17.8 Å². The smallest absolute Gasteiger partial charge is 0.255 e. The lowest BCUT2D eigenvalue weighted by Gasteiger charge is -2.17. The van der Waals surface area contributed by atoms with E-state index in [1.54, 1.807) is 6.92 Å². The number of rotatable bonds is 3. The molecule has 1 aliphatic rings. The van der Waals surface area contributed by atoms with Crippen molar-refractivity contribution in [1.29, 1.82) is 0 Å². The molecule has 1 amide bonds. The van der Waals surface area contributed by atoms with Crippen LogP contribution in [-0.4, -0.2) is 44.2 Å². The Bertz CT molecular complexity index is 697. The first kappa shape index (κ1) is 14.6. The molecule has 2 aromatic heterocycles. The number of amides is 1. The minimum absolute atomic E-state index is 0.00795. The van der Waals surface area contributed by atoms with Crippen LogP contribution >= 0.6 is 0 Å². The van der Waals surface area contributed by atoms with E-state index in [2.05, 4.69) is 20.3 Å². The van der Waals surface area contributed by atoms with Gasteiger partial charge in [0.1, 0.15) is 0 Å². The minimum atomic E-state index is 0.00795. The maximum atomic E-state index is 12.8. The molecular weight excluding hydrogens is 282 g/mol. The summed E-state index contributed by atoms with van der Waals surface area (Å²) in [5.74, 6) is 1.37. The monoisotopic (exact) mass is 301 g/mol. The second-order valence-electron chi connectivity index (χ2n) is 5.62. The first-order valence-corrected chi connectivity index (χ1v) is 7.51. The third-order valence-electron chi connectivity index (χ3n) is 3.93. The molecule has 0 N–H and O–H groups in total. The fourth-order valence-electron chi connectivity index (χ4n) is 2.76. The summed E-state index contributed by atoms with van der Waals surface area (Å²) in [6, 6.07) is 1.82. The molecule has 7 nitrogen and oxygen atoms in total. The van der Waals surface area contributed by atoms with Crippen molar-refractivity contribution in [2.24, 2.45) is 0 Å². The summed E-state index contributed by atoms with van der Waals surface area (Å²) in [5, 5.41) is 12.0. The van der Waals surface area contributed by atoms with Gasteiger partial charge < -0.3 is 9.42 Å². The van der Waals surface area contributed by atoms with Gasteiger partial charge in [0.25, 0.3) is 5.91 Å². The molecule has 0 aliphatic carbocycles. The quantitative estimate of drug-likeness (QED) is 0.857. The van der Waals surface area contributed by atoms with E-state index in [9.17, 15) is 4.79 Å². The zero-order valence-corrected chi connectivity index (χ0v) is 13.0. The van der Waals surface area contributed by atoms with Crippen molar-refractivity contribution in [3.05, 3.63) is 34.7 Å². The molecule has 1 saturated heterocycles. The van der Waals surface area contributed by atoms with E-state index in [1.807, 2.05) is 24.8 Å². The van der Waals surface area contributed by atoms with Crippen LogP contribution in [0.5, 0.6) is 0 Å². The van der Waals surface area contributed by atoms with Crippen LogP contribution in [0.15, 0.2) is 10.6 Å². The fourth-order valence-corrected chi connectivity index (χ4v) is 2.76. The van der Waals surface area contributed by atoms with Gasteiger partial charge in [0.15, 0.2) is 5.82 Å². The van der Waals surface area contributed by atoms with E-state index < -0.39 is 0 Å². The predicted molar refractivity (Wildman–Crippen MR) is 78.4 cm³/mol. The summed E-state index contributed by atoms with van der Waals surface area (Å²) in [6.07, 6.45) is 1.53. The van der Waals surface area contributed by atoms with Gasteiger partial charge in [-0.2, -0.15) is 15.2 Å². The minimum Gasteiger partial charge on any atom is -0.339 e. The SMILES string of the molecule is CCc1nnc(C)cc1C(=O)N1CC[C@@H](c2nc(C)no2)C1. The first-order chi connectivity index (χ1) is 10.6. The molecule has 0 aromatic carbocycles. The molecule has 7 heteroatoms. The summed E-state index contributed by atoms with van der Waals surface area (Å²) >= 11 is 0. The summed E-state index contributed by atoms with van der Waals surface area (Å²) in [4.78, 5) is 18.9. The molecule has 0 radical (unpaired) electrons. The number of hydrogen-bond acceptors (Lipinski definition) is 6. The lowest BCUT2D eigenvalue weighted by Crippen LogP contribution is -2.30. The highest BCUT2D eigenvalue weighted by atomic mass is 16.5. The van der Waals surface area contributed by atoms with Crippen LogP contribution in [0.1, 0.15) is 52.7 Å². The summed E-state index contributed by atoms with van der Waals surface area (Å²) in [6.45, 7) is 6.91. The molecule has 1 aliphatic heterocycles. The van der Waals surface area contributed by atoms with Gasteiger partial charge in [-0.15, -0.1) is 0 Å². The Kier molecular flexibility index (Phi) is 3.87. The second kappa shape index (κ2) is 5.82. The highest BCUT2D eigenvalue weighted by molar-refractivity contribution is 5.95. The number of likely N-dealkylation sites (tertiary alicyclic amines) is 1. The summed E-state index contributed by atoms with van der Waals surface area (Å²) in [5.41, 5.74) is 2.15. The Morgan fingerprint density at radius 2 is 2.23 bits per heavy atom. The zero-order chi connectivity index (χ0) is 15.7. The zero-order valence-electron chi connectivity index (χ0n) is 13.0. The van der Waals surface area contributed by atoms with Crippen molar-refractivity contribution in [3.8, 4) is 0 Å². The topological polar surface area (TPSA) is 85.0 Å². The molecule has 0 saturated carbocycles. The maximum absolute atomic E-state index is 12.8. The van der Waals surface area contributed by atoms with Gasteiger partial charge in [0.2, 0.25) is 5.89 Å². The Hall–Kier alpha value is -2.31. The Labute approximate surface area is 128 Å². The molecule has 0 spiro atoms. The molecule has 3 heterocycles.